The second kappa shape index (κ2) is 6.11. The van der Waals surface area contributed by atoms with E-state index >= 15 is 0 Å². The van der Waals surface area contributed by atoms with Crippen LogP contribution in [0.25, 0.3) is 0 Å². The number of rotatable bonds is 5. The molecule has 0 unspecified atom stereocenters. The summed E-state index contributed by atoms with van der Waals surface area (Å²) in [5.41, 5.74) is -0.667. The zero-order valence-corrected chi connectivity index (χ0v) is 12.2. The van der Waals surface area contributed by atoms with Crippen molar-refractivity contribution in [1.82, 2.24) is 10.6 Å². The molecule has 0 fully saturated rings. The third-order valence-electron chi connectivity index (χ3n) is 2.85. The Morgan fingerprint density at radius 1 is 1.50 bits per heavy atom. The van der Waals surface area contributed by atoms with E-state index in [1.165, 1.54) is 23.9 Å². The minimum Gasteiger partial charge on any atom is -0.472 e. The quantitative estimate of drug-likeness (QED) is 0.792. The zero-order chi connectivity index (χ0) is 14.6. The molecule has 6 heteroatoms. The predicted octanol–water partition coefficient (Wildman–Crippen LogP) is 2.28. The summed E-state index contributed by atoms with van der Waals surface area (Å²) < 4.78 is 5.05. The van der Waals surface area contributed by atoms with Crippen molar-refractivity contribution in [2.45, 2.75) is 25.5 Å². The standard InChI is InChI=1S/C14H18N2O3S/c1-10(2)16-13(17)15-9-14(18,11-5-6-19-8-11)12-4-3-7-20-12/h3-8,10,18H,9H2,1-2H3,(H2,15,16,17)/t14-/m0/s1. The fraction of sp³-hybridized carbons (Fsp3) is 0.357. The van der Waals surface area contributed by atoms with Gasteiger partial charge in [-0.25, -0.2) is 4.79 Å². The Hall–Kier alpha value is -1.79. The minimum absolute atomic E-state index is 0.0405. The highest BCUT2D eigenvalue weighted by Crippen LogP contribution is 2.32. The molecule has 2 rings (SSSR count). The Balaban J connectivity index is 2.15. The summed E-state index contributed by atoms with van der Waals surface area (Å²) in [5, 5.41) is 18.2. The summed E-state index contributed by atoms with van der Waals surface area (Å²) in [6.07, 6.45) is 2.99. The molecular weight excluding hydrogens is 276 g/mol. The van der Waals surface area contributed by atoms with E-state index in [9.17, 15) is 9.90 Å². The first kappa shape index (κ1) is 14.6. The maximum atomic E-state index is 11.7. The topological polar surface area (TPSA) is 74.5 Å². The average molecular weight is 294 g/mol. The van der Waals surface area contributed by atoms with Crippen LogP contribution in [0.2, 0.25) is 0 Å². The molecule has 5 nitrogen and oxygen atoms in total. The highest BCUT2D eigenvalue weighted by Gasteiger charge is 2.34. The van der Waals surface area contributed by atoms with E-state index in [4.69, 9.17) is 4.42 Å². The number of carbonyl (C=O) groups excluding carboxylic acids is 1. The Bertz CT molecular complexity index is 501. The second-order valence-electron chi connectivity index (χ2n) is 4.83. The summed E-state index contributed by atoms with van der Waals surface area (Å²) in [5.74, 6) is 0. The Kier molecular flexibility index (Phi) is 4.46. The van der Waals surface area contributed by atoms with Crippen LogP contribution in [-0.2, 0) is 5.60 Å². The fourth-order valence-corrected chi connectivity index (χ4v) is 2.71. The molecule has 3 N–H and O–H groups in total. The number of carbonyl (C=O) groups is 1. The molecule has 1 atom stereocenters. The van der Waals surface area contributed by atoms with Gasteiger partial charge in [0.05, 0.1) is 19.1 Å². The number of amides is 2. The van der Waals surface area contributed by atoms with Crippen LogP contribution in [-0.4, -0.2) is 23.7 Å². The monoisotopic (exact) mass is 294 g/mol. The van der Waals surface area contributed by atoms with Crippen molar-refractivity contribution in [1.29, 1.82) is 0 Å². The van der Waals surface area contributed by atoms with Crippen molar-refractivity contribution < 1.29 is 14.3 Å². The van der Waals surface area contributed by atoms with Gasteiger partial charge in [0, 0.05) is 16.5 Å². The van der Waals surface area contributed by atoms with Crippen LogP contribution in [0.1, 0.15) is 24.3 Å². The van der Waals surface area contributed by atoms with Gasteiger partial charge in [0.15, 0.2) is 0 Å². The maximum Gasteiger partial charge on any atom is 0.315 e. The van der Waals surface area contributed by atoms with Crippen LogP contribution in [0.3, 0.4) is 0 Å². The van der Waals surface area contributed by atoms with E-state index in [-0.39, 0.29) is 18.6 Å². The number of aliphatic hydroxyl groups is 1. The van der Waals surface area contributed by atoms with Crippen molar-refractivity contribution in [2.75, 3.05) is 6.54 Å². The van der Waals surface area contributed by atoms with Crippen molar-refractivity contribution in [2.24, 2.45) is 0 Å². The lowest BCUT2D eigenvalue weighted by atomic mass is 9.94. The number of thiophene rings is 1. The van der Waals surface area contributed by atoms with E-state index in [1.807, 2.05) is 31.4 Å². The second-order valence-corrected chi connectivity index (χ2v) is 5.78. The van der Waals surface area contributed by atoms with Gasteiger partial charge in [-0.05, 0) is 31.4 Å². The molecule has 2 amide bonds. The molecule has 2 aromatic heterocycles. The summed E-state index contributed by atoms with van der Waals surface area (Å²) in [6.45, 7) is 3.83. The maximum absolute atomic E-state index is 11.7. The molecule has 0 saturated carbocycles. The largest absolute Gasteiger partial charge is 0.472 e. The third kappa shape index (κ3) is 3.20. The van der Waals surface area contributed by atoms with Crippen molar-refractivity contribution >= 4 is 17.4 Å². The lowest BCUT2D eigenvalue weighted by Crippen LogP contribution is -2.46. The zero-order valence-electron chi connectivity index (χ0n) is 11.4. The van der Waals surface area contributed by atoms with Crippen molar-refractivity contribution in [3.05, 3.63) is 46.5 Å². The first-order valence-corrected chi connectivity index (χ1v) is 7.24. The number of urea groups is 1. The summed E-state index contributed by atoms with van der Waals surface area (Å²) in [6, 6.07) is 5.12. The Morgan fingerprint density at radius 2 is 2.30 bits per heavy atom. The van der Waals surface area contributed by atoms with Crippen LogP contribution >= 0.6 is 11.3 Å². The lowest BCUT2D eigenvalue weighted by molar-refractivity contribution is 0.0851. The highest BCUT2D eigenvalue weighted by atomic mass is 32.1. The molecule has 0 radical (unpaired) electrons. The summed E-state index contributed by atoms with van der Waals surface area (Å²) in [4.78, 5) is 12.4. The van der Waals surface area contributed by atoms with Gasteiger partial charge in [0.2, 0.25) is 0 Å². The first-order valence-electron chi connectivity index (χ1n) is 6.36. The van der Waals surface area contributed by atoms with E-state index in [0.29, 0.717) is 5.56 Å². The van der Waals surface area contributed by atoms with E-state index < -0.39 is 5.60 Å². The molecule has 0 bridgehead atoms. The van der Waals surface area contributed by atoms with Gasteiger partial charge in [-0.3, -0.25) is 0 Å². The van der Waals surface area contributed by atoms with Crippen LogP contribution < -0.4 is 10.6 Å². The van der Waals surface area contributed by atoms with Crippen molar-refractivity contribution in [3.8, 4) is 0 Å². The molecule has 0 saturated heterocycles. The van der Waals surface area contributed by atoms with Gasteiger partial charge in [-0.1, -0.05) is 6.07 Å². The molecular formula is C14H18N2O3S. The summed E-state index contributed by atoms with van der Waals surface area (Å²) >= 11 is 1.43. The smallest absolute Gasteiger partial charge is 0.315 e. The van der Waals surface area contributed by atoms with Gasteiger partial charge < -0.3 is 20.2 Å². The number of hydrogen-bond acceptors (Lipinski definition) is 4. The minimum atomic E-state index is -1.28. The van der Waals surface area contributed by atoms with Gasteiger partial charge in [-0.2, -0.15) is 0 Å². The van der Waals surface area contributed by atoms with Gasteiger partial charge >= 0.3 is 6.03 Å². The molecule has 2 aromatic rings. The van der Waals surface area contributed by atoms with Crippen molar-refractivity contribution in [3.63, 3.8) is 0 Å². The normalized spacial score (nSPS) is 14.0. The Labute approximate surface area is 121 Å². The van der Waals surface area contributed by atoms with Crippen LogP contribution in [0.5, 0.6) is 0 Å². The van der Waals surface area contributed by atoms with Crippen LogP contribution in [0.15, 0.2) is 40.5 Å². The molecule has 0 aliphatic rings. The SMILES string of the molecule is CC(C)NC(=O)NC[C@](O)(c1ccoc1)c1cccs1. The molecule has 2 heterocycles. The molecule has 108 valence electrons. The van der Waals surface area contributed by atoms with Crippen LogP contribution in [0, 0.1) is 0 Å². The van der Waals surface area contributed by atoms with E-state index in [2.05, 4.69) is 10.6 Å². The first-order chi connectivity index (χ1) is 9.52. The summed E-state index contributed by atoms with van der Waals surface area (Å²) in [7, 11) is 0. The predicted molar refractivity (Wildman–Crippen MR) is 77.7 cm³/mol. The van der Waals surface area contributed by atoms with Gasteiger partial charge in [0.25, 0.3) is 0 Å². The Morgan fingerprint density at radius 3 is 2.85 bits per heavy atom. The molecule has 0 aliphatic carbocycles. The molecule has 20 heavy (non-hydrogen) atoms. The lowest BCUT2D eigenvalue weighted by Gasteiger charge is -2.26. The average Bonchev–Trinajstić information content (AvgIpc) is 3.07. The number of hydrogen-bond donors (Lipinski definition) is 3. The molecule has 0 spiro atoms. The molecule has 0 aromatic carbocycles. The number of furan rings is 1. The number of nitrogens with one attached hydrogen (secondary N) is 2. The van der Waals surface area contributed by atoms with E-state index in [0.717, 1.165) is 4.88 Å². The fourth-order valence-electron chi connectivity index (χ4n) is 1.87. The van der Waals surface area contributed by atoms with Gasteiger partial charge in [0.1, 0.15) is 5.60 Å². The van der Waals surface area contributed by atoms with Gasteiger partial charge in [-0.15, -0.1) is 11.3 Å². The van der Waals surface area contributed by atoms with Crippen LogP contribution in [0.4, 0.5) is 4.79 Å². The molecule has 0 aliphatic heterocycles. The highest BCUT2D eigenvalue weighted by molar-refractivity contribution is 7.10. The third-order valence-corrected chi connectivity index (χ3v) is 3.87. The van der Waals surface area contributed by atoms with E-state index in [1.54, 1.807) is 6.07 Å².